The van der Waals surface area contributed by atoms with Gasteiger partial charge in [-0.25, -0.2) is 9.50 Å². The molecule has 2 aromatic heterocycles. The van der Waals surface area contributed by atoms with Crippen LogP contribution in [0.2, 0.25) is 0 Å². The van der Waals surface area contributed by atoms with Gasteiger partial charge in [-0.2, -0.15) is 5.10 Å². The number of hydrogen-bond donors (Lipinski definition) is 2. The number of rotatable bonds is 8. The number of aromatic amines is 1. The maximum atomic E-state index is 13.0. The Morgan fingerprint density at radius 1 is 1.19 bits per heavy atom. The third-order valence-electron chi connectivity index (χ3n) is 7.43. The Labute approximate surface area is 217 Å². The highest BCUT2D eigenvalue weighted by molar-refractivity contribution is 5.92. The number of ether oxygens (including phenoxy) is 1. The van der Waals surface area contributed by atoms with Crippen LogP contribution in [0.15, 0.2) is 23.0 Å². The number of piperazine rings is 1. The fourth-order valence-corrected chi connectivity index (χ4v) is 5.45. The number of benzene rings is 1. The van der Waals surface area contributed by atoms with E-state index < -0.39 is 0 Å². The Morgan fingerprint density at radius 3 is 2.68 bits per heavy atom. The molecule has 2 fully saturated rings. The number of imidazole rings is 1. The summed E-state index contributed by atoms with van der Waals surface area (Å²) in [7, 11) is 2.10. The minimum atomic E-state index is -0.186. The summed E-state index contributed by atoms with van der Waals surface area (Å²) < 4.78 is 7.61. The maximum absolute atomic E-state index is 13.0. The van der Waals surface area contributed by atoms with Gasteiger partial charge >= 0.3 is 0 Å². The smallest absolute Gasteiger partial charge is 0.277 e. The zero-order valence-electron chi connectivity index (χ0n) is 22.0. The minimum absolute atomic E-state index is 0.0392. The van der Waals surface area contributed by atoms with Gasteiger partial charge in [-0.05, 0) is 51.9 Å². The largest absolute Gasteiger partial charge is 0.494 e. The van der Waals surface area contributed by atoms with Crippen LogP contribution in [0.1, 0.15) is 61.4 Å². The van der Waals surface area contributed by atoms with E-state index in [1.807, 2.05) is 32.0 Å². The summed E-state index contributed by atoms with van der Waals surface area (Å²) in [6.07, 6.45) is 4.88. The first-order chi connectivity index (χ1) is 17.9. The summed E-state index contributed by atoms with van der Waals surface area (Å²) in [6.45, 7) is 8.39. The van der Waals surface area contributed by atoms with Crippen molar-refractivity contribution in [3.05, 3.63) is 51.5 Å². The van der Waals surface area contributed by atoms with Gasteiger partial charge in [0.05, 0.1) is 18.8 Å². The van der Waals surface area contributed by atoms with E-state index in [9.17, 15) is 9.59 Å². The molecule has 198 valence electrons. The number of hydrogen-bond acceptors (Lipinski definition) is 7. The van der Waals surface area contributed by atoms with E-state index in [1.54, 1.807) is 4.52 Å². The lowest BCUT2D eigenvalue weighted by molar-refractivity contribution is -0.117. The Morgan fingerprint density at radius 2 is 1.95 bits per heavy atom. The number of likely N-dealkylation sites (N-methyl/N-ethyl adjacent to an activating group) is 1. The van der Waals surface area contributed by atoms with Crippen molar-refractivity contribution >= 4 is 17.1 Å². The number of carbonyl (C=O) groups is 1. The summed E-state index contributed by atoms with van der Waals surface area (Å²) in [6, 6.07) is 5.63. The van der Waals surface area contributed by atoms with Gasteiger partial charge in [-0.15, -0.1) is 0 Å². The molecule has 2 aliphatic rings. The average Bonchev–Trinajstić information content (AvgIpc) is 3.50. The number of anilines is 1. The van der Waals surface area contributed by atoms with E-state index >= 15 is 0 Å². The van der Waals surface area contributed by atoms with Crippen LogP contribution >= 0.6 is 0 Å². The highest BCUT2D eigenvalue weighted by Gasteiger charge is 2.25. The molecule has 1 saturated heterocycles. The molecule has 2 N–H and O–H groups in total. The van der Waals surface area contributed by atoms with Gasteiger partial charge in [0.15, 0.2) is 5.52 Å². The van der Waals surface area contributed by atoms with Gasteiger partial charge in [0, 0.05) is 49.8 Å². The second-order valence-corrected chi connectivity index (χ2v) is 10.3. The van der Waals surface area contributed by atoms with Crippen LogP contribution in [0.4, 0.5) is 5.69 Å². The molecule has 5 rings (SSSR count). The van der Waals surface area contributed by atoms with Crippen molar-refractivity contribution in [3.8, 4) is 5.75 Å². The maximum Gasteiger partial charge on any atom is 0.277 e. The number of nitrogens with one attached hydrogen (secondary N) is 2. The summed E-state index contributed by atoms with van der Waals surface area (Å²) in [4.78, 5) is 37.9. The number of aryl methyl sites for hydroxylation is 1. The van der Waals surface area contributed by atoms with Crippen molar-refractivity contribution in [2.24, 2.45) is 0 Å². The summed E-state index contributed by atoms with van der Waals surface area (Å²) in [5.74, 6) is 2.42. The molecule has 10 heteroatoms. The van der Waals surface area contributed by atoms with E-state index in [0.29, 0.717) is 54.0 Å². The van der Waals surface area contributed by atoms with Crippen LogP contribution in [-0.2, 0) is 11.2 Å². The van der Waals surface area contributed by atoms with E-state index in [0.717, 1.165) is 50.4 Å². The third-order valence-corrected chi connectivity index (χ3v) is 7.43. The van der Waals surface area contributed by atoms with Gasteiger partial charge in [0.1, 0.15) is 17.4 Å². The van der Waals surface area contributed by atoms with Crippen LogP contribution in [0.25, 0.3) is 5.52 Å². The fourth-order valence-electron chi connectivity index (χ4n) is 5.45. The standard InChI is InChI=1S/C27H37N7O3/c1-4-37-22-10-9-21(29-24(35)17-33-13-11-32(3)12-14-33)15-20(22)16-23-30-27(36)25-18(2)28-26(34(25)31-23)19-7-5-6-8-19/h9-10,15,19H,4-8,11-14,16-17H2,1-3H3,(H,29,35)(H,30,31,36). The molecule has 37 heavy (non-hydrogen) atoms. The zero-order valence-corrected chi connectivity index (χ0v) is 22.0. The van der Waals surface area contributed by atoms with E-state index in [2.05, 4.69) is 27.1 Å². The molecule has 3 heterocycles. The predicted octanol–water partition coefficient (Wildman–Crippen LogP) is 2.56. The quantitative estimate of drug-likeness (QED) is 0.482. The fraction of sp³-hybridized carbons (Fsp3) is 0.556. The lowest BCUT2D eigenvalue weighted by Crippen LogP contribution is -2.47. The highest BCUT2D eigenvalue weighted by atomic mass is 16.5. The molecule has 1 aliphatic heterocycles. The first-order valence-corrected chi connectivity index (χ1v) is 13.4. The van der Waals surface area contributed by atoms with Crippen LogP contribution in [0.3, 0.4) is 0 Å². The van der Waals surface area contributed by atoms with Crippen molar-refractivity contribution in [1.29, 1.82) is 0 Å². The predicted molar refractivity (Wildman–Crippen MR) is 143 cm³/mol. The summed E-state index contributed by atoms with van der Waals surface area (Å²) >= 11 is 0. The van der Waals surface area contributed by atoms with Crippen molar-refractivity contribution in [1.82, 2.24) is 29.4 Å². The first-order valence-electron chi connectivity index (χ1n) is 13.4. The van der Waals surface area contributed by atoms with Crippen molar-refractivity contribution in [2.45, 2.75) is 51.9 Å². The number of H-pyrrole nitrogens is 1. The van der Waals surface area contributed by atoms with Gasteiger partial charge in [-0.3, -0.25) is 14.5 Å². The molecule has 0 radical (unpaired) electrons. The Bertz CT molecular complexity index is 1320. The average molecular weight is 508 g/mol. The number of carbonyl (C=O) groups excluding carboxylic acids is 1. The van der Waals surface area contributed by atoms with Crippen LogP contribution in [0.5, 0.6) is 5.75 Å². The van der Waals surface area contributed by atoms with Crippen molar-refractivity contribution < 1.29 is 9.53 Å². The second-order valence-electron chi connectivity index (χ2n) is 10.3. The van der Waals surface area contributed by atoms with Crippen LogP contribution in [-0.4, -0.2) is 81.7 Å². The van der Waals surface area contributed by atoms with E-state index in [1.165, 1.54) is 12.8 Å². The molecule has 0 spiro atoms. The monoisotopic (exact) mass is 507 g/mol. The Kier molecular flexibility index (Phi) is 7.57. The molecule has 1 aromatic carbocycles. The van der Waals surface area contributed by atoms with E-state index in [-0.39, 0.29) is 11.5 Å². The lowest BCUT2D eigenvalue weighted by Gasteiger charge is -2.31. The molecular formula is C27H37N7O3. The second kappa shape index (κ2) is 11.0. The molecule has 0 atom stereocenters. The van der Waals surface area contributed by atoms with Gasteiger partial charge in [0.2, 0.25) is 5.91 Å². The number of amides is 1. The van der Waals surface area contributed by atoms with Gasteiger partial charge in [0.25, 0.3) is 5.56 Å². The van der Waals surface area contributed by atoms with Crippen LogP contribution in [0, 0.1) is 6.92 Å². The molecular weight excluding hydrogens is 470 g/mol. The zero-order chi connectivity index (χ0) is 25.9. The van der Waals surface area contributed by atoms with Gasteiger partial charge < -0.3 is 19.9 Å². The number of fused-ring (bicyclic) bond motifs is 1. The number of aromatic nitrogens is 4. The molecule has 1 saturated carbocycles. The Balaban J connectivity index is 1.38. The molecule has 1 amide bonds. The number of nitrogens with zero attached hydrogens (tertiary/aromatic N) is 5. The molecule has 0 unspecified atom stereocenters. The van der Waals surface area contributed by atoms with Crippen molar-refractivity contribution in [2.75, 3.05) is 51.7 Å². The van der Waals surface area contributed by atoms with Gasteiger partial charge in [-0.1, -0.05) is 12.8 Å². The molecule has 1 aliphatic carbocycles. The Hall–Kier alpha value is -3.24. The van der Waals surface area contributed by atoms with Crippen LogP contribution < -0.4 is 15.6 Å². The normalized spacial score (nSPS) is 17.5. The topological polar surface area (TPSA) is 108 Å². The first kappa shape index (κ1) is 25.4. The lowest BCUT2D eigenvalue weighted by atomic mass is 10.1. The minimum Gasteiger partial charge on any atom is -0.494 e. The van der Waals surface area contributed by atoms with Crippen molar-refractivity contribution in [3.63, 3.8) is 0 Å². The molecule has 10 nitrogen and oxygen atoms in total. The SMILES string of the molecule is CCOc1ccc(NC(=O)CN2CCN(C)CC2)cc1Cc1nn2c(C3CCCC3)nc(C)c2c(=O)[nH]1. The molecule has 3 aromatic rings. The molecule has 0 bridgehead atoms. The van der Waals surface area contributed by atoms with E-state index in [4.69, 9.17) is 14.8 Å². The summed E-state index contributed by atoms with van der Waals surface area (Å²) in [5, 5.41) is 7.85. The third kappa shape index (κ3) is 5.70. The highest BCUT2D eigenvalue weighted by Crippen LogP contribution is 2.33. The summed E-state index contributed by atoms with van der Waals surface area (Å²) in [5.41, 5.74) is 2.59.